The molecule has 29 heavy (non-hydrogen) atoms. The first kappa shape index (κ1) is 20.7. The van der Waals surface area contributed by atoms with Crippen molar-refractivity contribution < 1.29 is 29.3 Å². The van der Waals surface area contributed by atoms with Crippen molar-refractivity contribution in [1.82, 2.24) is 0 Å². The Morgan fingerprint density at radius 3 is 2.62 bits per heavy atom. The average molecular weight is 405 g/mol. The first-order chi connectivity index (χ1) is 13.5. The van der Waals surface area contributed by atoms with Crippen LogP contribution in [0.4, 0.5) is 0 Å². The van der Waals surface area contributed by atoms with Crippen LogP contribution in [0.2, 0.25) is 0 Å². The Labute approximate surface area is 171 Å². The van der Waals surface area contributed by atoms with E-state index in [9.17, 15) is 24.6 Å². The smallest absolute Gasteiger partial charge is 0.303 e. The molecule has 0 unspecified atom stereocenters. The van der Waals surface area contributed by atoms with Crippen LogP contribution in [0.5, 0.6) is 0 Å². The van der Waals surface area contributed by atoms with Gasteiger partial charge in [0, 0.05) is 18.8 Å². The Hall–Kier alpha value is -1.53. The number of carbonyl (C=O) groups excluding carboxylic acids is 3. The number of esters is 1. The minimum absolute atomic E-state index is 0.0413. The van der Waals surface area contributed by atoms with E-state index >= 15 is 0 Å². The summed E-state index contributed by atoms with van der Waals surface area (Å²) in [7, 11) is 0. The molecule has 4 rings (SSSR count). The van der Waals surface area contributed by atoms with Gasteiger partial charge in [0.2, 0.25) is 5.78 Å². The summed E-state index contributed by atoms with van der Waals surface area (Å²) in [4.78, 5) is 36.0. The van der Waals surface area contributed by atoms with Crippen LogP contribution in [0.25, 0.3) is 0 Å². The minimum atomic E-state index is -1.58. The summed E-state index contributed by atoms with van der Waals surface area (Å²) in [6, 6.07) is 0. The second-order valence-electron chi connectivity index (χ2n) is 10.2. The maximum absolute atomic E-state index is 12.9. The zero-order valence-corrected chi connectivity index (χ0v) is 17.6. The van der Waals surface area contributed by atoms with Crippen molar-refractivity contribution >= 4 is 17.5 Å². The number of fused-ring (bicyclic) bond motifs is 5. The van der Waals surface area contributed by atoms with Crippen LogP contribution in [-0.4, -0.2) is 46.1 Å². The third kappa shape index (κ3) is 2.86. The number of hydrogen-bond donors (Lipinski definition) is 2. The number of ketones is 2. The van der Waals surface area contributed by atoms with Gasteiger partial charge in [-0.25, -0.2) is 0 Å². The summed E-state index contributed by atoms with van der Waals surface area (Å²) >= 11 is 0. The van der Waals surface area contributed by atoms with Crippen LogP contribution >= 0.6 is 0 Å². The second-order valence-corrected chi connectivity index (χ2v) is 10.2. The van der Waals surface area contributed by atoms with Crippen LogP contribution in [0.3, 0.4) is 0 Å². The highest BCUT2D eigenvalue weighted by atomic mass is 16.5. The van der Waals surface area contributed by atoms with E-state index in [1.165, 1.54) is 6.92 Å². The van der Waals surface area contributed by atoms with Gasteiger partial charge >= 0.3 is 5.97 Å². The van der Waals surface area contributed by atoms with Crippen molar-refractivity contribution in [1.29, 1.82) is 0 Å². The third-order valence-corrected chi connectivity index (χ3v) is 8.92. The van der Waals surface area contributed by atoms with E-state index in [1.807, 2.05) is 6.92 Å². The van der Waals surface area contributed by atoms with Gasteiger partial charge in [0.25, 0.3) is 0 Å². The van der Waals surface area contributed by atoms with Gasteiger partial charge in [-0.1, -0.05) is 19.4 Å². The fourth-order valence-corrected chi connectivity index (χ4v) is 7.44. The zero-order valence-electron chi connectivity index (χ0n) is 17.6. The molecular formula is C23H32O6. The van der Waals surface area contributed by atoms with Gasteiger partial charge < -0.3 is 14.9 Å². The summed E-state index contributed by atoms with van der Waals surface area (Å²) in [6.07, 6.45) is 5.54. The summed E-state index contributed by atoms with van der Waals surface area (Å²) in [5.74, 6) is -0.462. The predicted octanol–water partition coefficient (Wildman–Crippen LogP) is 2.35. The molecule has 0 aliphatic heterocycles. The van der Waals surface area contributed by atoms with Crippen LogP contribution < -0.4 is 0 Å². The fourth-order valence-electron chi connectivity index (χ4n) is 7.44. The Morgan fingerprint density at radius 1 is 1.21 bits per heavy atom. The van der Waals surface area contributed by atoms with Crippen molar-refractivity contribution in [3.63, 3.8) is 0 Å². The molecule has 0 aromatic rings. The monoisotopic (exact) mass is 404 g/mol. The molecule has 6 nitrogen and oxygen atoms in total. The van der Waals surface area contributed by atoms with E-state index in [-0.39, 0.29) is 29.0 Å². The SMILES string of the molecule is CC(=O)OCC(=O)[C@@]1(O)CC[C@H]2[C@@H]3CCC4=CC(=O)CC[C@]4(C)[C@@H]3[C@@H](O)C[C@@]21C. The molecule has 3 fully saturated rings. The number of aliphatic hydroxyl groups excluding tert-OH is 1. The molecule has 2 N–H and O–H groups in total. The third-order valence-electron chi connectivity index (χ3n) is 8.92. The van der Waals surface area contributed by atoms with E-state index in [0.717, 1.165) is 31.3 Å². The van der Waals surface area contributed by atoms with Gasteiger partial charge in [0.15, 0.2) is 12.4 Å². The summed E-state index contributed by atoms with van der Waals surface area (Å²) < 4.78 is 4.89. The molecular weight excluding hydrogens is 372 g/mol. The van der Waals surface area contributed by atoms with Crippen molar-refractivity contribution in [2.75, 3.05) is 6.61 Å². The summed E-state index contributed by atoms with van der Waals surface area (Å²) in [5.41, 5.74) is -1.36. The van der Waals surface area contributed by atoms with Crippen molar-refractivity contribution in [3.8, 4) is 0 Å². The van der Waals surface area contributed by atoms with Crippen LogP contribution in [-0.2, 0) is 19.1 Å². The number of rotatable bonds is 3. The molecule has 4 aliphatic rings. The molecule has 0 heterocycles. The average Bonchev–Trinajstić information content (AvgIpc) is 2.91. The van der Waals surface area contributed by atoms with E-state index in [1.54, 1.807) is 6.08 Å². The number of Topliss-reactive ketones (excluding diaryl/α,β-unsaturated/α-hetero) is 1. The van der Waals surface area contributed by atoms with Crippen molar-refractivity contribution in [2.45, 2.75) is 77.4 Å². The predicted molar refractivity (Wildman–Crippen MR) is 105 cm³/mol. The molecule has 0 bridgehead atoms. The maximum Gasteiger partial charge on any atom is 0.303 e. The number of ether oxygens (including phenoxy) is 1. The number of carbonyl (C=O) groups is 3. The lowest BCUT2D eigenvalue weighted by molar-refractivity contribution is -0.184. The van der Waals surface area contributed by atoms with Gasteiger partial charge in [0.05, 0.1) is 6.10 Å². The van der Waals surface area contributed by atoms with E-state index < -0.39 is 35.5 Å². The highest BCUT2D eigenvalue weighted by Crippen LogP contribution is 2.67. The van der Waals surface area contributed by atoms with Gasteiger partial charge in [-0.15, -0.1) is 0 Å². The standard InChI is InChI=1S/C23H32O6/c1-13(24)29-12-19(27)23(28)9-7-17-16-5-4-14-10-15(25)6-8-21(14,2)20(16)18(26)11-22(17,23)3/h10,16-18,20,26,28H,4-9,11-12H2,1-3H3/t16-,17-,18-,20-,21-,22-,23-/m0/s1. The molecule has 0 saturated heterocycles. The van der Waals surface area contributed by atoms with Gasteiger partial charge in [-0.2, -0.15) is 0 Å². The first-order valence-corrected chi connectivity index (χ1v) is 10.8. The molecule has 4 aliphatic carbocycles. The maximum atomic E-state index is 12.9. The normalized spacial score (nSPS) is 46.2. The fraction of sp³-hybridized carbons (Fsp3) is 0.783. The topological polar surface area (TPSA) is 101 Å². The summed E-state index contributed by atoms with van der Waals surface area (Å²) in [6.45, 7) is 4.92. The molecule has 6 heteroatoms. The highest BCUT2D eigenvalue weighted by molar-refractivity contribution is 5.92. The number of hydrogen-bond acceptors (Lipinski definition) is 6. The first-order valence-electron chi connectivity index (χ1n) is 10.8. The lowest BCUT2D eigenvalue weighted by atomic mass is 9.45. The zero-order chi connectivity index (χ0) is 21.2. The van der Waals surface area contributed by atoms with Crippen molar-refractivity contribution in [2.24, 2.45) is 28.6 Å². The van der Waals surface area contributed by atoms with Crippen LogP contribution in [0.1, 0.15) is 65.7 Å². The van der Waals surface area contributed by atoms with Crippen LogP contribution in [0.15, 0.2) is 11.6 Å². The minimum Gasteiger partial charge on any atom is -0.458 e. The van der Waals surface area contributed by atoms with Crippen LogP contribution in [0, 0.1) is 28.6 Å². The molecule has 3 saturated carbocycles. The Bertz CT molecular complexity index is 786. The van der Waals surface area contributed by atoms with E-state index in [2.05, 4.69) is 6.92 Å². The molecule has 7 atom stereocenters. The van der Waals surface area contributed by atoms with Gasteiger partial charge in [-0.3, -0.25) is 14.4 Å². The number of aliphatic hydroxyl groups is 2. The molecule has 0 aromatic carbocycles. The van der Waals surface area contributed by atoms with Gasteiger partial charge in [0.1, 0.15) is 5.60 Å². The highest BCUT2D eigenvalue weighted by Gasteiger charge is 2.68. The quantitative estimate of drug-likeness (QED) is 0.701. The Kier molecular flexibility index (Phi) is 4.82. The molecule has 0 aromatic heterocycles. The lowest BCUT2D eigenvalue weighted by Gasteiger charge is -2.60. The van der Waals surface area contributed by atoms with Crippen molar-refractivity contribution in [3.05, 3.63) is 11.6 Å². The second kappa shape index (κ2) is 6.74. The van der Waals surface area contributed by atoms with E-state index in [0.29, 0.717) is 19.3 Å². The summed E-state index contributed by atoms with van der Waals surface area (Å²) in [5, 5.41) is 22.8. The lowest BCUT2D eigenvalue weighted by Crippen LogP contribution is -2.62. The molecule has 0 spiro atoms. The van der Waals surface area contributed by atoms with Gasteiger partial charge in [-0.05, 0) is 67.8 Å². The molecule has 0 amide bonds. The number of allylic oxidation sites excluding steroid dienone is 1. The van der Waals surface area contributed by atoms with E-state index in [4.69, 9.17) is 4.74 Å². The Balaban J connectivity index is 1.65. The Morgan fingerprint density at radius 2 is 1.93 bits per heavy atom. The molecule has 0 radical (unpaired) electrons. The molecule has 160 valence electrons. The largest absolute Gasteiger partial charge is 0.458 e.